The fraction of sp³-hybridized carbons (Fsp3) is 0.417. The number of pyridine rings is 1. The molecule has 18 heavy (non-hydrogen) atoms. The first-order chi connectivity index (χ1) is 8.45. The van der Waals surface area contributed by atoms with Gasteiger partial charge in [0.1, 0.15) is 5.69 Å². The summed E-state index contributed by atoms with van der Waals surface area (Å²) < 4.78 is 0. The minimum Gasteiger partial charge on any atom is -0.368 e. The number of hydrogen-bond acceptors (Lipinski definition) is 4. The van der Waals surface area contributed by atoms with Gasteiger partial charge in [0.05, 0.1) is 6.54 Å². The summed E-state index contributed by atoms with van der Waals surface area (Å²) in [4.78, 5) is 28.5. The molecule has 0 unspecified atom stereocenters. The topological polar surface area (TPSA) is 102 Å². The standard InChI is InChI=1S/C12H18N4O2/c1-8(2)16(7-11(14)17)12(18)10-4-3-9(5-13)6-15-10/h3-4,6,8H,5,7,13H2,1-2H3,(H2,14,17). The minimum absolute atomic E-state index is 0.114. The maximum absolute atomic E-state index is 12.1. The second-order valence-electron chi connectivity index (χ2n) is 4.25. The highest BCUT2D eigenvalue weighted by molar-refractivity contribution is 5.94. The third kappa shape index (κ3) is 3.53. The highest BCUT2D eigenvalue weighted by atomic mass is 16.2. The number of nitrogens with zero attached hydrogens (tertiary/aromatic N) is 2. The predicted molar refractivity (Wildman–Crippen MR) is 67.5 cm³/mol. The molecule has 0 saturated heterocycles. The average Bonchev–Trinajstić information content (AvgIpc) is 2.34. The second kappa shape index (κ2) is 6.11. The summed E-state index contributed by atoms with van der Waals surface area (Å²) in [6.45, 7) is 3.89. The fourth-order valence-corrected chi connectivity index (χ4v) is 1.48. The quantitative estimate of drug-likeness (QED) is 0.760. The smallest absolute Gasteiger partial charge is 0.273 e. The highest BCUT2D eigenvalue weighted by Gasteiger charge is 2.21. The van der Waals surface area contributed by atoms with Crippen LogP contribution < -0.4 is 11.5 Å². The van der Waals surface area contributed by atoms with Crippen molar-refractivity contribution in [3.05, 3.63) is 29.6 Å². The van der Waals surface area contributed by atoms with Gasteiger partial charge in [-0.05, 0) is 25.5 Å². The molecule has 0 aliphatic rings. The Morgan fingerprint density at radius 1 is 1.39 bits per heavy atom. The van der Waals surface area contributed by atoms with E-state index >= 15 is 0 Å². The van der Waals surface area contributed by atoms with Gasteiger partial charge >= 0.3 is 0 Å². The summed E-state index contributed by atoms with van der Waals surface area (Å²) in [6, 6.07) is 3.21. The Morgan fingerprint density at radius 2 is 2.06 bits per heavy atom. The molecule has 0 aromatic carbocycles. The van der Waals surface area contributed by atoms with Crippen molar-refractivity contribution < 1.29 is 9.59 Å². The van der Waals surface area contributed by atoms with Crippen molar-refractivity contribution in [2.75, 3.05) is 6.54 Å². The van der Waals surface area contributed by atoms with E-state index in [1.807, 2.05) is 13.8 Å². The van der Waals surface area contributed by atoms with E-state index in [1.54, 1.807) is 18.3 Å². The van der Waals surface area contributed by atoms with Crippen molar-refractivity contribution in [2.24, 2.45) is 11.5 Å². The molecular formula is C12H18N4O2. The molecule has 2 amide bonds. The van der Waals surface area contributed by atoms with E-state index in [0.29, 0.717) is 6.54 Å². The van der Waals surface area contributed by atoms with Crippen LogP contribution in [0.2, 0.25) is 0 Å². The monoisotopic (exact) mass is 250 g/mol. The van der Waals surface area contributed by atoms with Crippen LogP contribution in [0, 0.1) is 0 Å². The molecule has 98 valence electrons. The molecule has 6 heteroatoms. The molecule has 1 aromatic rings. The summed E-state index contributed by atoms with van der Waals surface area (Å²) in [5.74, 6) is -0.858. The first-order valence-corrected chi connectivity index (χ1v) is 5.70. The van der Waals surface area contributed by atoms with Gasteiger partial charge in [-0.15, -0.1) is 0 Å². The lowest BCUT2D eigenvalue weighted by molar-refractivity contribution is -0.119. The van der Waals surface area contributed by atoms with Crippen LogP contribution in [0.3, 0.4) is 0 Å². The van der Waals surface area contributed by atoms with Crippen molar-refractivity contribution in [1.82, 2.24) is 9.88 Å². The lowest BCUT2D eigenvalue weighted by Gasteiger charge is -2.24. The van der Waals surface area contributed by atoms with Crippen LogP contribution in [0.1, 0.15) is 29.9 Å². The van der Waals surface area contributed by atoms with Crippen LogP contribution in [-0.2, 0) is 11.3 Å². The second-order valence-corrected chi connectivity index (χ2v) is 4.25. The Labute approximate surface area is 106 Å². The summed E-state index contributed by atoms with van der Waals surface area (Å²) >= 11 is 0. The zero-order chi connectivity index (χ0) is 13.7. The number of nitrogens with two attached hydrogens (primary N) is 2. The number of hydrogen-bond donors (Lipinski definition) is 2. The number of amides is 2. The van der Waals surface area contributed by atoms with Crippen LogP contribution in [-0.4, -0.2) is 34.3 Å². The van der Waals surface area contributed by atoms with E-state index in [0.717, 1.165) is 5.56 Å². The molecule has 6 nitrogen and oxygen atoms in total. The minimum atomic E-state index is -0.546. The van der Waals surface area contributed by atoms with Gasteiger partial charge in [0.15, 0.2) is 0 Å². The van der Waals surface area contributed by atoms with E-state index in [-0.39, 0.29) is 24.2 Å². The number of primary amides is 1. The molecule has 0 aliphatic carbocycles. The Morgan fingerprint density at radius 3 is 2.44 bits per heavy atom. The van der Waals surface area contributed by atoms with Crippen LogP contribution >= 0.6 is 0 Å². The van der Waals surface area contributed by atoms with Crippen LogP contribution in [0.4, 0.5) is 0 Å². The highest BCUT2D eigenvalue weighted by Crippen LogP contribution is 2.07. The van der Waals surface area contributed by atoms with Gasteiger partial charge in [-0.1, -0.05) is 6.07 Å². The number of aromatic nitrogens is 1. The van der Waals surface area contributed by atoms with Crippen LogP contribution in [0.5, 0.6) is 0 Å². The largest absolute Gasteiger partial charge is 0.368 e. The molecule has 1 rings (SSSR count). The van der Waals surface area contributed by atoms with Crippen molar-refractivity contribution >= 4 is 11.8 Å². The Hall–Kier alpha value is -1.95. The third-order valence-corrected chi connectivity index (χ3v) is 2.49. The van der Waals surface area contributed by atoms with Gasteiger partial charge in [-0.25, -0.2) is 0 Å². The number of rotatable bonds is 5. The van der Waals surface area contributed by atoms with Gasteiger partial charge in [-0.2, -0.15) is 0 Å². The van der Waals surface area contributed by atoms with Crippen molar-refractivity contribution in [3.63, 3.8) is 0 Å². The maximum Gasteiger partial charge on any atom is 0.273 e. The molecule has 4 N–H and O–H groups in total. The SMILES string of the molecule is CC(C)N(CC(N)=O)C(=O)c1ccc(CN)cn1. The molecule has 1 aromatic heterocycles. The maximum atomic E-state index is 12.1. The summed E-state index contributed by atoms with van der Waals surface area (Å²) in [7, 11) is 0. The van der Waals surface area contributed by atoms with E-state index in [4.69, 9.17) is 11.5 Å². The molecule has 1 heterocycles. The lowest BCUT2D eigenvalue weighted by atomic mass is 10.2. The number of carbonyl (C=O) groups excluding carboxylic acids is 2. The van der Waals surface area contributed by atoms with Gasteiger partial charge in [0.2, 0.25) is 5.91 Å². The third-order valence-electron chi connectivity index (χ3n) is 2.49. The zero-order valence-corrected chi connectivity index (χ0v) is 10.6. The summed E-state index contributed by atoms with van der Waals surface area (Å²) in [5.41, 5.74) is 11.7. The lowest BCUT2D eigenvalue weighted by Crippen LogP contribution is -2.43. The van der Waals surface area contributed by atoms with Crippen LogP contribution in [0.25, 0.3) is 0 Å². The van der Waals surface area contributed by atoms with Crippen molar-refractivity contribution in [2.45, 2.75) is 26.4 Å². The first kappa shape index (κ1) is 14.1. The fourth-order valence-electron chi connectivity index (χ4n) is 1.48. The molecule has 0 spiro atoms. The molecule has 0 saturated carbocycles. The van der Waals surface area contributed by atoms with Crippen molar-refractivity contribution in [3.8, 4) is 0 Å². The molecule has 0 aliphatic heterocycles. The predicted octanol–water partition coefficient (Wildman–Crippen LogP) is -0.124. The molecule has 0 radical (unpaired) electrons. The Balaban J connectivity index is 2.90. The van der Waals surface area contributed by atoms with E-state index < -0.39 is 5.91 Å². The molecular weight excluding hydrogens is 232 g/mol. The average molecular weight is 250 g/mol. The zero-order valence-electron chi connectivity index (χ0n) is 10.6. The van der Waals surface area contributed by atoms with Gasteiger partial charge in [0.25, 0.3) is 5.91 Å². The van der Waals surface area contributed by atoms with E-state index in [2.05, 4.69) is 4.98 Å². The molecule has 0 atom stereocenters. The van der Waals surface area contributed by atoms with E-state index in [1.165, 1.54) is 4.90 Å². The molecule has 0 bridgehead atoms. The number of carbonyl (C=O) groups is 2. The summed E-state index contributed by atoms with van der Waals surface area (Å²) in [6.07, 6.45) is 1.55. The Kier molecular flexibility index (Phi) is 4.79. The first-order valence-electron chi connectivity index (χ1n) is 5.70. The Bertz CT molecular complexity index is 428. The normalized spacial score (nSPS) is 10.4. The van der Waals surface area contributed by atoms with Crippen molar-refractivity contribution in [1.29, 1.82) is 0 Å². The van der Waals surface area contributed by atoms with Gasteiger partial charge in [-0.3, -0.25) is 14.6 Å². The molecule has 0 fully saturated rings. The summed E-state index contributed by atoms with van der Waals surface area (Å²) in [5, 5.41) is 0. The van der Waals surface area contributed by atoms with Gasteiger partial charge < -0.3 is 16.4 Å². The van der Waals surface area contributed by atoms with Gasteiger partial charge in [0, 0.05) is 18.8 Å². The van der Waals surface area contributed by atoms with Crippen LogP contribution in [0.15, 0.2) is 18.3 Å². The van der Waals surface area contributed by atoms with E-state index in [9.17, 15) is 9.59 Å².